The summed E-state index contributed by atoms with van der Waals surface area (Å²) in [4.78, 5) is 23.5. The average Bonchev–Trinajstić information content (AvgIpc) is 2.44. The minimum Gasteiger partial charge on any atom is -0.393 e. The minimum atomic E-state index is -0.318. The SMILES string of the molecule is Cn1cc(CNCC2CCCCC2O)c(=O)n(C)c1=O. The van der Waals surface area contributed by atoms with E-state index in [9.17, 15) is 14.7 Å². The van der Waals surface area contributed by atoms with E-state index in [0.29, 0.717) is 18.7 Å². The van der Waals surface area contributed by atoms with Crippen LogP contribution in [0.4, 0.5) is 0 Å². The smallest absolute Gasteiger partial charge is 0.330 e. The molecule has 0 spiro atoms. The highest BCUT2D eigenvalue weighted by Crippen LogP contribution is 2.23. The zero-order valence-electron chi connectivity index (χ0n) is 12.1. The predicted octanol–water partition coefficient (Wildman–Crippen LogP) is -0.275. The third kappa shape index (κ3) is 3.19. The molecule has 2 rings (SSSR count). The van der Waals surface area contributed by atoms with Crippen molar-refractivity contribution in [1.29, 1.82) is 0 Å². The molecule has 6 nitrogen and oxygen atoms in total. The summed E-state index contributed by atoms with van der Waals surface area (Å²) in [5, 5.41) is 13.1. The summed E-state index contributed by atoms with van der Waals surface area (Å²) in [6, 6.07) is 0. The van der Waals surface area contributed by atoms with Crippen molar-refractivity contribution in [3.63, 3.8) is 0 Å². The van der Waals surface area contributed by atoms with Gasteiger partial charge in [0.1, 0.15) is 0 Å². The van der Waals surface area contributed by atoms with Crippen molar-refractivity contribution in [2.24, 2.45) is 20.0 Å². The zero-order chi connectivity index (χ0) is 14.7. The fourth-order valence-corrected chi connectivity index (χ4v) is 2.82. The molecule has 1 heterocycles. The highest BCUT2D eigenvalue weighted by Gasteiger charge is 2.22. The second-order valence-electron chi connectivity index (χ2n) is 5.65. The van der Waals surface area contributed by atoms with Crippen LogP contribution in [0, 0.1) is 5.92 Å². The largest absolute Gasteiger partial charge is 0.393 e. The van der Waals surface area contributed by atoms with Gasteiger partial charge in [-0.2, -0.15) is 0 Å². The molecule has 1 aromatic heterocycles. The number of hydrogen-bond donors (Lipinski definition) is 2. The lowest BCUT2D eigenvalue weighted by molar-refractivity contribution is 0.0695. The van der Waals surface area contributed by atoms with Gasteiger partial charge in [-0.1, -0.05) is 12.8 Å². The highest BCUT2D eigenvalue weighted by atomic mass is 16.3. The fraction of sp³-hybridized carbons (Fsp3) is 0.714. The van der Waals surface area contributed by atoms with Gasteiger partial charge < -0.3 is 15.0 Å². The van der Waals surface area contributed by atoms with E-state index in [1.165, 1.54) is 11.6 Å². The van der Waals surface area contributed by atoms with Crippen molar-refractivity contribution in [2.75, 3.05) is 6.54 Å². The van der Waals surface area contributed by atoms with Crippen LogP contribution in [0.2, 0.25) is 0 Å². The van der Waals surface area contributed by atoms with Crippen LogP contribution in [0.25, 0.3) is 0 Å². The summed E-state index contributed by atoms with van der Waals surface area (Å²) in [6.45, 7) is 1.12. The summed E-state index contributed by atoms with van der Waals surface area (Å²) < 4.78 is 2.53. The maximum Gasteiger partial charge on any atom is 0.330 e. The van der Waals surface area contributed by atoms with Crippen LogP contribution in [-0.4, -0.2) is 26.9 Å². The fourth-order valence-electron chi connectivity index (χ4n) is 2.82. The first-order chi connectivity index (χ1) is 9.50. The highest BCUT2D eigenvalue weighted by molar-refractivity contribution is 5.05. The molecule has 1 aromatic rings. The summed E-state index contributed by atoms with van der Waals surface area (Å²) in [5.74, 6) is 0.264. The first kappa shape index (κ1) is 15.0. The Morgan fingerprint density at radius 2 is 2.00 bits per heavy atom. The molecule has 2 unspecified atom stereocenters. The molecule has 2 N–H and O–H groups in total. The molecule has 0 aliphatic heterocycles. The van der Waals surface area contributed by atoms with E-state index in [-0.39, 0.29) is 23.3 Å². The molecular formula is C14H23N3O3. The zero-order valence-corrected chi connectivity index (χ0v) is 12.1. The quantitative estimate of drug-likeness (QED) is 0.796. The normalized spacial score (nSPS) is 22.9. The van der Waals surface area contributed by atoms with Gasteiger partial charge in [0.15, 0.2) is 0 Å². The van der Waals surface area contributed by atoms with E-state index in [1.54, 1.807) is 13.2 Å². The predicted molar refractivity (Wildman–Crippen MR) is 76.6 cm³/mol. The van der Waals surface area contributed by atoms with Crippen molar-refractivity contribution >= 4 is 0 Å². The van der Waals surface area contributed by atoms with Crippen LogP contribution in [0.5, 0.6) is 0 Å². The van der Waals surface area contributed by atoms with Gasteiger partial charge in [0, 0.05) is 38.9 Å². The molecule has 0 amide bonds. The van der Waals surface area contributed by atoms with Crippen LogP contribution < -0.4 is 16.6 Å². The van der Waals surface area contributed by atoms with Crippen LogP contribution in [0.3, 0.4) is 0 Å². The Labute approximate surface area is 118 Å². The van der Waals surface area contributed by atoms with Crippen LogP contribution in [-0.2, 0) is 20.6 Å². The lowest BCUT2D eigenvalue weighted by Crippen LogP contribution is -2.40. The van der Waals surface area contributed by atoms with Crippen molar-refractivity contribution in [3.8, 4) is 0 Å². The molecule has 0 bridgehead atoms. The van der Waals surface area contributed by atoms with E-state index < -0.39 is 0 Å². The second kappa shape index (κ2) is 6.37. The summed E-state index contributed by atoms with van der Waals surface area (Å²) in [7, 11) is 3.12. The van der Waals surface area contributed by atoms with Crippen molar-refractivity contribution in [3.05, 3.63) is 32.6 Å². The van der Waals surface area contributed by atoms with E-state index in [4.69, 9.17) is 0 Å². The van der Waals surface area contributed by atoms with Crippen molar-refractivity contribution in [1.82, 2.24) is 14.5 Å². The van der Waals surface area contributed by atoms with Gasteiger partial charge in [-0.05, 0) is 18.8 Å². The number of aromatic nitrogens is 2. The van der Waals surface area contributed by atoms with Crippen molar-refractivity contribution < 1.29 is 5.11 Å². The second-order valence-corrected chi connectivity index (χ2v) is 5.65. The Balaban J connectivity index is 1.98. The summed E-state index contributed by atoms with van der Waals surface area (Å²) in [5.41, 5.74) is -0.00820. The van der Waals surface area contributed by atoms with Gasteiger partial charge in [-0.25, -0.2) is 4.79 Å². The molecule has 1 aliphatic rings. The molecule has 0 saturated heterocycles. The molecule has 6 heteroatoms. The van der Waals surface area contributed by atoms with E-state index >= 15 is 0 Å². The first-order valence-electron chi connectivity index (χ1n) is 7.15. The monoisotopic (exact) mass is 281 g/mol. The molecule has 2 atom stereocenters. The molecule has 1 saturated carbocycles. The van der Waals surface area contributed by atoms with E-state index in [2.05, 4.69) is 5.32 Å². The standard InChI is InChI=1S/C14H23N3O3/c1-16-9-11(13(19)17(2)14(16)20)8-15-7-10-5-3-4-6-12(10)18/h9-10,12,15,18H,3-8H2,1-2H3. The maximum atomic E-state index is 11.9. The van der Waals surface area contributed by atoms with Crippen molar-refractivity contribution in [2.45, 2.75) is 38.3 Å². The number of nitrogens with zero attached hydrogens (tertiary/aromatic N) is 2. The van der Waals surface area contributed by atoms with Crippen LogP contribution >= 0.6 is 0 Å². The topological polar surface area (TPSA) is 76.3 Å². The third-order valence-corrected chi connectivity index (χ3v) is 4.11. The minimum absolute atomic E-state index is 0.237. The lowest BCUT2D eigenvalue weighted by atomic mass is 9.86. The third-order valence-electron chi connectivity index (χ3n) is 4.11. The number of aliphatic hydroxyl groups excluding tert-OH is 1. The maximum absolute atomic E-state index is 11.9. The van der Waals surface area contributed by atoms with Gasteiger partial charge in [0.05, 0.1) is 6.10 Å². The van der Waals surface area contributed by atoms with Gasteiger partial charge in [0.25, 0.3) is 5.56 Å². The number of hydrogen-bond acceptors (Lipinski definition) is 4. The number of aryl methyl sites for hydroxylation is 1. The first-order valence-corrected chi connectivity index (χ1v) is 7.15. The summed E-state index contributed by atoms with van der Waals surface area (Å²) in [6.07, 6.45) is 5.49. The molecule has 1 aliphatic carbocycles. The number of aliphatic hydroxyl groups is 1. The Kier molecular flexibility index (Phi) is 4.77. The van der Waals surface area contributed by atoms with E-state index in [1.807, 2.05) is 0 Å². The molecule has 20 heavy (non-hydrogen) atoms. The Bertz CT molecular complexity index is 576. The number of nitrogens with one attached hydrogen (secondary N) is 1. The lowest BCUT2D eigenvalue weighted by Gasteiger charge is -2.27. The molecule has 1 fully saturated rings. The molecule has 0 aromatic carbocycles. The molecule has 0 radical (unpaired) electrons. The van der Waals surface area contributed by atoms with Gasteiger partial charge >= 0.3 is 5.69 Å². The Morgan fingerprint density at radius 3 is 2.70 bits per heavy atom. The van der Waals surface area contributed by atoms with Crippen LogP contribution in [0.1, 0.15) is 31.2 Å². The Hall–Kier alpha value is -1.40. The van der Waals surface area contributed by atoms with Gasteiger partial charge in [0.2, 0.25) is 0 Å². The van der Waals surface area contributed by atoms with Gasteiger partial charge in [-0.3, -0.25) is 9.36 Å². The average molecular weight is 281 g/mol. The molecular weight excluding hydrogens is 258 g/mol. The molecule has 112 valence electrons. The van der Waals surface area contributed by atoms with E-state index in [0.717, 1.165) is 30.3 Å². The Morgan fingerprint density at radius 1 is 1.30 bits per heavy atom. The van der Waals surface area contributed by atoms with Crippen LogP contribution in [0.15, 0.2) is 15.8 Å². The van der Waals surface area contributed by atoms with Gasteiger partial charge in [-0.15, -0.1) is 0 Å². The summed E-state index contributed by atoms with van der Waals surface area (Å²) >= 11 is 0. The number of rotatable bonds is 4.